The first kappa shape index (κ1) is 15.4. The first-order chi connectivity index (χ1) is 12.1. The Bertz CT molecular complexity index is 1040. The van der Waals surface area contributed by atoms with Crippen LogP contribution in [0.5, 0.6) is 0 Å². The minimum atomic E-state index is -2.49. The highest BCUT2D eigenvalue weighted by atomic mass is 19.3. The predicted molar refractivity (Wildman–Crippen MR) is 89.1 cm³/mol. The Labute approximate surface area is 141 Å². The molecule has 25 heavy (non-hydrogen) atoms. The van der Waals surface area contributed by atoms with Crippen molar-refractivity contribution in [2.45, 2.75) is 19.9 Å². The molecule has 4 aromatic heterocycles. The first-order valence-electron chi connectivity index (χ1n) is 7.69. The number of nitrogens with one attached hydrogen (secondary N) is 1. The van der Waals surface area contributed by atoms with Gasteiger partial charge in [-0.2, -0.15) is 5.10 Å². The summed E-state index contributed by atoms with van der Waals surface area (Å²) in [6.07, 6.45) is 4.21. The Morgan fingerprint density at radius 2 is 2.12 bits per heavy atom. The third-order valence-corrected chi connectivity index (χ3v) is 3.81. The van der Waals surface area contributed by atoms with Gasteiger partial charge in [-0.3, -0.25) is 4.68 Å². The average Bonchev–Trinajstić information content (AvgIpc) is 3.20. The summed E-state index contributed by atoms with van der Waals surface area (Å²) in [6.45, 7) is 1.30. The molecule has 0 atom stereocenters. The molecule has 0 aliphatic carbocycles. The summed E-state index contributed by atoms with van der Waals surface area (Å²) in [5.74, 6) is 0.601. The zero-order chi connectivity index (χ0) is 17.4. The average molecular weight is 340 g/mol. The van der Waals surface area contributed by atoms with E-state index in [2.05, 4.69) is 25.0 Å². The second-order valence-electron chi connectivity index (χ2n) is 5.63. The summed E-state index contributed by atoms with van der Waals surface area (Å²) in [5.41, 5.74) is 3.37. The molecule has 126 valence electrons. The van der Waals surface area contributed by atoms with E-state index in [9.17, 15) is 8.78 Å². The summed E-state index contributed by atoms with van der Waals surface area (Å²) in [7, 11) is 0. The molecular formula is C17H14F2N6. The zero-order valence-corrected chi connectivity index (χ0v) is 13.3. The molecule has 0 aromatic carbocycles. The zero-order valence-electron chi connectivity index (χ0n) is 13.3. The van der Waals surface area contributed by atoms with Crippen molar-refractivity contribution in [1.82, 2.24) is 29.7 Å². The number of rotatable bonds is 4. The lowest BCUT2D eigenvalue weighted by Crippen LogP contribution is -2.06. The largest absolute Gasteiger partial charge is 0.346 e. The van der Waals surface area contributed by atoms with Crippen LogP contribution in [0.3, 0.4) is 0 Å². The second kappa shape index (κ2) is 6.04. The van der Waals surface area contributed by atoms with Gasteiger partial charge in [0.1, 0.15) is 23.7 Å². The van der Waals surface area contributed by atoms with Crippen LogP contribution in [-0.4, -0.2) is 36.1 Å². The molecule has 8 heteroatoms. The number of fused-ring (bicyclic) bond motifs is 1. The first-order valence-corrected chi connectivity index (χ1v) is 7.69. The van der Waals surface area contributed by atoms with Gasteiger partial charge >= 0.3 is 0 Å². The molecule has 0 fully saturated rings. The van der Waals surface area contributed by atoms with Crippen molar-refractivity contribution in [3.05, 3.63) is 48.8 Å². The summed E-state index contributed by atoms with van der Waals surface area (Å²) in [6, 6.07) is 5.56. The van der Waals surface area contributed by atoms with Gasteiger partial charge in [-0.25, -0.2) is 23.7 Å². The monoisotopic (exact) mass is 340 g/mol. The van der Waals surface area contributed by atoms with Crippen LogP contribution in [0.25, 0.3) is 33.5 Å². The van der Waals surface area contributed by atoms with Gasteiger partial charge in [-0.15, -0.1) is 0 Å². The van der Waals surface area contributed by atoms with Crippen LogP contribution in [0.2, 0.25) is 0 Å². The number of H-pyrrole nitrogens is 1. The van der Waals surface area contributed by atoms with Crippen LogP contribution in [-0.2, 0) is 6.54 Å². The van der Waals surface area contributed by atoms with Gasteiger partial charge in [0, 0.05) is 41.3 Å². The molecule has 4 rings (SSSR count). The highest BCUT2D eigenvalue weighted by Gasteiger charge is 2.17. The number of hydrogen-bond acceptors (Lipinski definition) is 4. The molecule has 4 heterocycles. The topological polar surface area (TPSA) is 72.3 Å². The molecule has 4 aromatic rings. The summed E-state index contributed by atoms with van der Waals surface area (Å²) in [4.78, 5) is 15.9. The highest BCUT2D eigenvalue weighted by Crippen LogP contribution is 2.31. The lowest BCUT2D eigenvalue weighted by atomic mass is 10.1. The van der Waals surface area contributed by atoms with E-state index in [-0.39, 0.29) is 0 Å². The van der Waals surface area contributed by atoms with E-state index < -0.39 is 13.0 Å². The van der Waals surface area contributed by atoms with Crippen LogP contribution >= 0.6 is 0 Å². The summed E-state index contributed by atoms with van der Waals surface area (Å²) in [5, 5.41) is 5.27. The Hall–Kier alpha value is -3.16. The molecule has 0 saturated carbocycles. The molecule has 0 radical (unpaired) electrons. The van der Waals surface area contributed by atoms with Gasteiger partial charge < -0.3 is 4.98 Å². The molecule has 0 saturated heterocycles. The van der Waals surface area contributed by atoms with Gasteiger partial charge in [0.25, 0.3) is 6.43 Å². The standard InChI is InChI=1S/C17H14F2N6/c1-10-20-5-3-14(23-10)13-8-25(9-15(18)19)24-16(13)12-6-11-2-4-21-17(11)22-7-12/h2-8,15H,9H2,1H3,(H,21,22). The number of aryl methyl sites for hydroxylation is 1. The van der Waals surface area contributed by atoms with E-state index in [0.717, 1.165) is 16.6 Å². The Morgan fingerprint density at radius 1 is 1.24 bits per heavy atom. The highest BCUT2D eigenvalue weighted by molar-refractivity contribution is 5.85. The van der Waals surface area contributed by atoms with E-state index in [1.165, 1.54) is 4.68 Å². The molecular weight excluding hydrogens is 326 g/mol. The van der Waals surface area contributed by atoms with Gasteiger partial charge in [0.05, 0.1) is 5.69 Å². The number of nitrogens with zero attached hydrogens (tertiary/aromatic N) is 5. The maximum atomic E-state index is 12.8. The molecule has 0 aliphatic heterocycles. The minimum absolute atomic E-state index is 0.475. The third kappa shape index (κ3) is 2.98. The lowest BCUT2D eigenvalue weighted by Gasteiger charge is -2.03. The van der Waals surface area contributed by atoms with Gasteiger partial charge in [-0.1, -0.05) is 0 Å². The number of alkyl halides is 2. The smallest absolute Gasteiger partial charge is 0.257 e. The quantitative estimate of drug-likeness (QED) is 0.617. The van der Waals surface area contributed by atoms with Crippen molar-refractivity contribution in [2.24, 2.45) is 0 Å². The van der Waals surface area contributed by atoms with E-state index in [0.29, 0.717) is 22.8 Å². The van der Waals surface area contributed by atoms with Crippen molar-refractivity contribution < 1.29 is 8.78 Å². The molecule has 0 spiro atoms. The summed E-state index contributed by atoms with van der Waals surface area (Å²) < 4.78 is 26.8. The Morgan fingerprint density at radius 3 is 2.92 bits per heavy atom. The fourth-order valence-corrected chi connectivity index (χ4v) is 2.73. The predicted octanol–water partition coefficient (Wildman–Crippen LogP) is 3.46. The number of aromatic nitrogens is 6. The fraction of sp³-hybridized carbons (Fsp3) is 0.176. The van der Waals surface area contributed by atoms with Crippen molar-refractivity contribution in [2.75, 3.05) is 0 Å². The second-order valence-corrected chi connectivity index (χ2v) is 5.63. The molecule has 0 aliphatic rings. The molecule has 0 unspecified atom stereocenters. The molecule has 6 nitrogen and oxygen atoms in total. The SMILES string of the molecule is Cc1nccc(-c2cn(CC(F)F)nc2-c2cnc3[nH]ccc3c2)n1. The van der Waals surface area contributed by atoms with Crippen LogP contribution in [0.4, 0.5) is 8.78 Å². The van der Waals surface area contributed by atoms with Crippen molar-refractivity contribution in [1.29, 1.82) is 0 Å². The molecule has 0 bridgehead atoms. The lowest BCUT2D eigenvalue weighted by molar-refractivity contribution is 0.122. The van der Waals surface area contributed by atoms with Crippen LogP contribution in [0.1, 0.15) is 5.82 Å². The van der Waals surface area contributed by atoms with Crippen molar-refractivity contribution in [3.63, 3.8) is 0 Å². The number of aromatic amines is 1. The molecule has 1 N–H and O–H groups in total. The number of pyridine rings is 1. The van der Waals surface area contributed by atoms with Crippen molar-refractivity contribution >= 4 is 11.0 Å². The maximum absolute atomic E-state index is 12.8. The third-order valence-electron chi connectivity index (χ3n) is 3.81. The number of hydrogen-bond donors (Lipinski definition) is 1. The van der Waals surface area contributed by atoms with Gasteiger partial charge in [0.2, 0.25) is 0 Å². The van der Waals surface area contributed by atoms with Crippen LogP contribution in [0, 0.1) is 6.92 Å². The van der Waals surface area contributed by atoms with E-state index in [1.807, 2.05) is 12.1 Å². The Kier molecular flexibility index (Phi) is 3.72. The van der Waals surface area contributed by atoms with Crippen molar-refractivity contribution in [3.8, 4) is 22.5 Å². The summed E-state index contributed by atoms with van der Waals surface area (Å²) >= 11 is 0. The van der Waals surface area contributed by atoms with Gasteiger partial charge in [-0.05, 0) is 25.1 Å². The fourth-order valence-electron chi connectivity index (χ4n) is 2.73. The maximum Gasteiger partial charge on any atom is 0.257 e. The number of halogens is 2. The molecule has 0 amide bonds. The minimum Gasteiger partial charge on any atom is -0.346 e. The normalized spacial score (nSPS) is 11.5. The van der Waals surface area contributed by atoms with Crippen LogP contribution < -0.4 is 0 Å². The Balaban J connectivity index is 1.88. The van der Waals surface area contributed by atoms with E-state index >= 15 is 0 Å². The van der Waals surface area contributed by atoms with Gasteiger partial charge in [0.15, 0.2) is 0 Å². The van der Waals surface area contributed by atoms with E-state index in [1.54, 1.807) is 37.8 Å². The van der Waals surface area contributed by atoms with Crippen LogP contribution in [0.15, 0.2) is 43.0 Å². The van der Waals surface area contributed by atoms with E-state index in [4.69, 9.17) is 0 Å².